The maximum atomic E-state index is 16.0. The molecule has 0 aromatic carbocycles. The number of hydrogen-bond acceptors (Lipinski definition) is 5. The van der Waals surface area contributed by atoms with Crippen LogP contribution in [0.15, 0.2) is 41.5 Å². The van der Waals surface area contributed by atoms with Crippen molar-refractivity contribution in [3.05, 3.63) is 54.4 Å². The van der Waals surface area contributed by atoms with Gasteiger partial charge in [-0.25, -0.2) is 24.2 Å². The Kier molecular flexibility index (Phi) is 4.64. The van der Waals surface area contributed by atoms with E-state index in [-0.39, 0.29) is 23.1 Å². The molecule has 0 spiro atoms. The number of fused-ring (bicyclic) bond motifs is 4. The number of aromatic nitrogens is 4. The highest BCUT2D eigenvalue weighted by Crippen LogP contribution is 2.48. The Hall–Kier alpha value is -3.73. The predicted octanol–water partition coefficient (Wildman–Crippen LogP) is 6.21. The van der Waals surface area contributed by atoms with Gasteiger partial charge in [0.1, 0.15) is 17.7 Å². The zero-order chi connectivity index (χ0) is 22.5. The Morgan fingerprint density at radius 3 is 2.79 bits per heavy atom. The molecule has 3 fully saturated rings. The van der Waals surface area contributed by atoms with Gasteiger partial charge in [0.05, 0.1) is 24.1 Å². The summed E-state index contributed by atoms with van der Waals surface area (Å²) in [6, 6.07) is 3.52. The monoisotopic (exact) mass is 442 g/mol. The summed E-state index contributed by atoms with van der Waals surface area (Å²) in [4.78, 5) is 19.9. The zero-order valence-electron chi connectivity index (χ0n) is 18.2. The van der Waals surface area contributed by atoms with Gasteiger partial charge in [-0.15, -0.1) is 0 Å². The number of rotatable bonds is 4. The van der Waals surface area contributed by atoms with Gasteiger partial charge in [-0.3, -0.25) is 0 Å². The third kappa shape index (κ3) is 3.10. The number of nitrogens with zero attached hydrogens (tertiary/aromatic N) is 4. The van der Waals surface area contributed by atoms with E-state index in [4.69, 9.17) is 16.0 Å². The fraction of sp³-hybridized carbons (Fsp3) is 0.360. The van der Waals surface area contributed by atoms with Crippen LogP contribution >= 0.6 is 0 Å². The predicted molar refractivity (Wildman–Crippen MR) is 123 cm³/mol. The molecule has 0 amide bonds. The number of nitrogens with one attached hydrogen (secondary N) is 2. The number of H-pyrrole nitrogens is 1. The van der Waals surface area contributed by atoms with Crippen LogP contribution in [0.4, 0.5) is 15.9 Å². The minimum absolute atomic E-state index is 0.107. The van der Waals surface area contributed by atoms with E-state index in [2.05, 4.69) is 32.0 Å². The average Bonchev–Trinajstić information content (AvgIpc) is 3.52. The summed E-state index contributed by atoms with van der Waals surface area (Å²) in [5.74, 6) is 1.52. The summed E-state index contributed by atoms with van der Waals surface area (Å²) in [5, 5.41) is 4.19. The molecule has 8 heteroatoms. The first kappa shape index (κ1) is 19.9. The summed E-state index contributed by atoms with van der Waals surface area (Å²) in [5.41, 5.74) is 1.91. The molecule has 2 N–H and O–H groups in total. The standard InChI is InChI=1S/C25H23FN6O/c1-13-14-5-7-15(8-6-14)21(13)31-25-20(26)19(18-4-3-9-33-18)23(27-2)22(32-25)16-11-29-24-17(16)10-28-12-30-24/h3-4,9-15,21H,5-8H2,1H3,(H,31,32)(H,28,29,30). The van der Waals surface area contributed by atoms with Gasteiger partial charge in [0.25, 0.3) is 0 Å². The number of furan rings is 1. The van der Waals surface area contributed by atoms with Crippen molar-refractivity contribution in [2.45, 2.75) is 38.6 Å². The highest BCUT2D eigenvalue weighted by molar-refractivity contribution is 5.99. The molecule has 33 heavy (non-hydrogen) atoms. The molecular weight excluding hydrogens is 419 g/mol. The van der Waals surface area contributed by atoms with Crippen molar-refractivity contribution in [3.8, 4) is 22.6 Å². The van der Waals surface area contributed by atoms with Gasteiger partial charge in [0.2, 0.25) is 5.69 Å². The Bertz CT molecular complexity index is 1360. The fourth-order valence-corrected chi connectivity index (χ4v) is 5.81. The van der Waals surface area contributed by atoms with Crippen molar-refractivity contribution in [2.24, 2.45) is 17.8 Å². The lowest BCUT2D eigenvalue weighted by Crippen LogP contribution is -2.47. The molecule has 2 bridgehead atoms. The number of aromatic amines is 1. The van der Waals surface area contributed by atoms with E-state index in [0.717, 1.165) is 18.2 Å². The molecule has 0 aliphatic heterocycles. The van der Waals surface area contributed by atoms with Crippen LogP contribution in [-0.2, 0) is 0 Å². The first-order chi connectivity index (χ1) is 16.2. The molecular formula is C25H23FN6O. The van der Waals surface area contributed by atoms with Crippen LogP contribution in [0, 0.1) is 30.1 Å². The van der Waals surface area contributed by atoms with E-state index in [9.17, 15) is 0 Å². The Balaban J connectivity index is 1.55. The first-order valence-electron chi connectivity index (χ1n) is 11.3. The maximum Gasteiger partial charge on any atom is 0.226 e. The van der Waals surface area contributed by atoms with Gasteiger partial charge in [0, 0.05) is 29.4 Å². The molecule has 0 radical (unpaired) electrons. The van der Waals surface area contributed by atoms with Crippen LogP contribution < -0.4 is 5.32 Å². The molecule has 166 valence electrons. The molecule has 7 rings (SSSR count). The van der Waals surface area contributed by atoms with E-state index >= 15 is 4.39 Å². The van der Waals surface area contributed by atoms with Crippen LogP contribution in [0.3, 0.4) is 0 Å². The van der Waals surface area contributed by atoms with Crippen molar-refractivity contribution in [1.82, 2.24) is 19.9 Å². The molecule has 3 aliphatic rings. The fourth-order valence-electron chi connectivity index (χ4n) is 5.81. The average molecular weight is 442 g/mol. The lowest BCUT2D eigenvalue weighted by Gasteiger charge is -2.47. The highest BCUT2D eigenvalue weighted by Gasteiger charge is 2.42. The van der Waals surface area contributed by atoms with Crippen molar-refractivity contribution in [3.63, 3.8) is 0 Å². The van der Waals surface area contributed by atoms with E-state index in [1.54, 1.807) is 24.5 Å². The van der Waals surface area contributed by atoms with Crippen LogP contribution in [0.2, 0.25) is 0 Å². The van der Waals surface area contributed by atoms with Gasteiger partial charge >= 0.3 is 0 Å². The molecule has 4 aromatic heterocycles. The van der Waals surface area contributed by atoms with Gasteiger partial charge in [0.15, 0.2) is 11.6 Å². The van der Waals surface area contributed by atoms with Crippen LogP contribution in [0.1, 0.15) is 32.6 Å². The molecule has 3 aliphatic carbocycles. The first-order valence-corrected chi connectivity index (χ1v) is 11.3. The third-order valence-electron chi connectivity index (χ3n) is 7.54. The number of anilines is 1. The zero-order valence-corrected chi connectivity index (χ0v) is 18.2. The third-order valence-corrected chi connectivity index (χ3v) is 7.54. The number of halogens is 1. The normalized spacial score (nSPS) is 24.2. The molecule has 4 aromatic rings. The smallest absolute Gasteiger partial charge is 0.226 e. The summed E-state index contributed by atoms with van der Waals surface area (Å²) < 4.78 is 21.5. The van der Waals surface area contributed by atoms with Gasteiger partial charge < -0.3 is 14.7 Å². The quantitative estimate of drug-likeness (QED) is 0.367. The SMILES string of the molecule is [C-]#[N+]c1c(-c2c[nH]c3ncncc23)nc(NC2C3CCC(CC3)C2C)c(F)c1-c1ccco1. The van der Waals surface area contributed by atoms with E-state index in [0.29, 0.717) is 40.4 Å². The second-order valence-corrected chi connectivity index (χ2v) is 9.13. The topological polar surface area (TPSA) is 84.0 Å². The summed E-state index contributed by atoms with van der Waals surface area (Å²) in [6.45, 7) is 10.1. The molecule has 3 saturated carbocycles. The highest BCUT2D eigenvalue weighted by atomic mass is 19.1. The lowest BCUT2D eigenvalue weighted by atomic mass is 9.62. The Morgan fingerprint density at radius 2 is 2.06 bits per heavy atom. The second-order valence-electron chi connectivity index (χ2n) is 9.13. The molecule has 2 atom stereocenters. The van der Waals surface area contributed by atoms with Crippen molar-refractivity contribution in [2.75, 3.05) is 5.32 Å². The van der Waals surface area contributed by atoms with Gasteiger partial charge in [-0.2, -0.15) is 0 Å². The minimum Gasteiger partial charge on any atom is -0.466 e. The van der Waals surface area contributed by atoms with Crippen molar-refractivity contribution < 1.29 is 8.81 Å². The number of pyridine rings is 1. The molecule has 0 saturated heterocycles. The van der Waals surface area contributed by atoms with Crippen LogP contribution in [0.5, 0.6) is 0 Å². The van der Waals surface area contributed by atoms with Gasteiger partial charge in [-0.1, -0.05) is 6.92 Å². The molecule has 2 unspecified atom stereocenters. The number of hydrogen-bond donors (Lipinski definition) is 2. The summed E-state index contributed by atoms with van der Waals surface area (Å²) >= 11 is 0. The van der Waals surface area contributed by atoms with E-state index < -0.39 is 5.82 Å². The maximum absolute atomic E-state index is 16.0. The Labute approximate surface area is 190 Å². The van der Waals surface area contributed by atoms with Crippen molar-refractivity contribution in [1.29, 1.82) is 0 Å². The second kappa shape index (κ2) is 7.69. The van der Waals surface area contributed by atoms with Crippen LogP contribution in [0.25, 0.3) is 38.5 Å². The molecule has 7 nitrogen and oxygen atoms in total. The molecule has 4 heterocycles. The van der Waals surface area contributed by atoms with E-state index in [1.807, 2.05) is 0 Å². The Morgan fingerprint density at radius 1 is 1.24 bits per heavy atom. The van der Waals surface area contributed by atoms with Gasteiger partial charge in [-0.05, 0) is 55.6 Å². The van der Waals surface area contributed by atoms with Crippen LogP contribution in [-0.4, -0.2) is 26.0 Å². The minimum atomic E-state index is -0.551. The van der Waals surface area contributed by atoms with Crippen molar-refractivity contribution >= 4 is 22.5 Å². The largest absolute Gasteiger partial charge is 0.466 e. The summed E-state index contributed by atoms with van der Waals surface area (Å²) in [7, 11) is 0. The summed E-state index contributed by atoms with van der Waals surface area (Å²) in [6.07, 6.45) is 11.2. The lowest BCUT2D eigenvalue weighted by molar-refractivity contribution is 0.0926. The van der Waals surface area contributed by atoms with E-state index in [1.165, 1.54) is 25.4 Å².